The lowest BCUT2D eigenvalue weighted by atomic mass is 10.8. The van der Waals surface area contributed by atoms with Crippen molar-refractivity contribution in [2.45, 2.75) is 12.4 Å². The largest absolute Gasteiger partial charge is 0.405 e. The molecule has 0 radical (unpaired) electrons. The van der Waals surface area contributed by atoms with Crippen LogP contribution in [0.15, 0.2) is 0 Å². The zero-order valence-electron chi connectivity index (χ0n) is 12.3. The van der Waals surface area contributed by atoms with Crippen LogP contribution in [0.3, 0.4) is 0 Å². The molecule has 16 heteroatoms. The van der Waals surface area contributed by atoms with E-state index >= 15 is 0 Å². The molecule has 0 heterocycles. The first-order valence-electron chi connectivity index (χ1n) is 5.37. The van der Waals surface area contributed by atoms with Gasteiger partial charge in [0.25, 0.3) is 20.2 Å². The molecule has 0 aromatic heterocycles. The van der Waals surface area contributed by atoms with Crippen molar-refractivity contribution in [1.29, 1.82) is 0 Å². The van der Waals surface area contributed by atoms with Crippen molar-refractivity contribution in [3.63, 3.8) is 0 Å². The van der Waals surface area contributed by atoms with Crippen LogP contribution in [-0.4, -0.2) is 78.3 Å². The number of halogens is 6. The summed E-state index contributed by atoms with van der Waals surface area (Å²) in [5, 5.41) is 15.2. The first kappa shape index (κ1) is 28.1. The maximum atomic E-state index is 11.3. The summed E-state index contributed by atoms with van der Waals surface area (Å²) >= 11 is 0. The van der Waals surface area contributed by atoms with Gasteiger partial charge in [-0.05, 0) is 0 Å². The topological polar surface area (TPSA) is 127 Å². The Balaban J connectivity index is -0.000000301. The molecule has 0 unspecified atom stereocenters. The van der Waals surface area contributed by atoms with Crippen molar-refractivity contribution in [3.8, 4) is 0 Å². The van der Waals surface area contributed by atoms with Crippen molar-refractivity contribution in [2.24, 2.45) is 0 Å². The highest BCUT2D eigenvalue weighted by Gasteiger charge is 2.35. The standard InChI is InChI=1S/2C3H5F3O3S.C2H6O2/c2*1-9-10(7,8)2-3(4,5)6;3-1-2-4/h2*2H2,1H3;3-4H,1-2H2. The minimum Gasteiger partial charge on any atom is -0.394 e. The number of aliphatic hydroxyl groups excluding tert-OH is 2. The molecule has 0 saturated heterocycles. The second kappa shape index (κ2) is 11.8. The second-order valence-electron chi connectivity index (χ2n) is 3.41. The molecule has 150 valence electrons. The van der Waals surface area contributed by atoms with Gasteiger partial charge in [0, 0.05) is 0 Å². The van der Waals surface area contributed by atoms with Gasteiger partial charge in [0.1, 0.15) is 0 Å². The van der Waals surface area contributed by atoms with Crippen LogP contribution in [0.2, 0.25) is 0 Å². The van der Waals surface area contributed by atoms with Crippen molar-refractivity contribution >= 4 is 20.2 Å². The normalized spacial score (nSPS) is 12.6. The molecule has 24 heavy (non-hydrogen) atoms. The van der Waals surface area contributed by atoms with Gasteiger partial charge in [-0.25, -0.2) is 0 Å². The van der Waals surface area contributed by atoms with Gasteiger partial charge >= 0.3 is 12.4 Å². The fourth-order valence-electron chi connectivity index (χ4n) is 0.519. The molecule has 8 nitrogen and oxygen atoms in total. The average Bonchev–Trinajstić information content (AvgIpc) is 2.34. The van der Waals surface area contributed by atoms with E-state index in [1.54, 1.807) is 0 Å². The monoisotopic (exact) mass is 418 g/mol. The molecule has 0 aromatic rings. The quantitative estimate of drug-likeness (QED) is 0.473. The smallest absolute Gasteiger partial charge is 0.394 e. The van der Waals surface area contributed by atoms with Crippen LogP contribution < -0.4 is 0 Å². The number of aliphatic hydroxyl groups is 2. The minimum atomic E-state index is -4.73. The van der Waals surface area contributed by atoms with Crippen LogP contribution in [0.1, 0.15) is 0 Å². The highest BCUT2D eigenvalue weighted by atomic mass is 32.2. The van der Waals surface area contributed by atoms with Crippen LogP contribution in [0.25, 0.3) is 0 Å². The molecule has 0 aliphatic carbocycles. The van der Waals surface area contributed by atoms with Crippen LogP contribution in [0.4, 0.5) is 26.3 Å². The van der Waals surface area contributed by atoms with E-state index in [1.807, 2.05) is 0 Å². The Labute approximate surface area is 134 Å². The summed E-state index contributed by atoms with van der Waals surface area (Å²) in [4.78, 5) is 0. The van der Waals surface area contributed by atoms with Gasteiger partial charge in [-0.15, -0.1) is 0 Å². The Kier molecular flexibility index (Phi) is 13.8. The number of alkyl halides is 6. The fourth-order valence-corrected chi connectivity index (χ4v) is 1.56. The van der Waals surface area contributed by atoms with E-state index in [-0.39, 0.29) is 13.2 Å². The van der Waals surface area contributed by atoms with Crippen LogP contribution in [-0.2, 0) is 28.6 Å². The van der Waals surface area contributed by atoms with Crippen molar-refractivity contribution < 1.29 is 61.8 Å². The Bertz CT molecular complexity index is 462. The number of rotatable bonds is 5. The van der Waals surface area contributed by atoms with E-state index in [0.29, 0.717) is 14.2 Å². The first-order valence-corrected chi connectivity index (χ1v) is 8.52. The fraction of sp³-hybridized carbons (Fsp3) is 1.00. The molecule has 0 rings (SSSR count). The molecule has 0 amide bonds. The number of hydrogen-bond donors (Lipinski definition) is 2. The average molecular weight is 418 g/mol. The summed E-state index contributed by atoms with van der Waals surface area (Å²) in [6.07, 6.45) is -9.45. The van der Waals surface area contributed by atoms with Crippen molar-refractivity contribution in [2.75, 3.05) is 38.9 Å². The molecular weight excluding hydrogens is 402 g/mol. The SMILES string of the molecule is COS(=O)(=O)CC(F)(F)F.COS(=O)(=O)CC(F)(F)F.OCCO. The summed E-state index contributed by atoms with van der Waals surface area (Å²) in [5.74, 6) is -3.87. The predicted molar refractivity (Wildman–Crippen MR) is 67.9 cm³/mol. The van der Waals surface area contributed by atoms with E-state index in [2.05, 4.69) is 8.37 Å². The number of hydrogen-bond acceptors (Lipinski definition) is 8. The van der Waals surface area contributed by atoms with E-state index in [0.717, 1.165) is 0 Å². The molecule has 0 saturated carbocycles. The molecule has 0 aliphatic rings. The molecule has 2 N–H and O–H groups in total. The molecule has 0 bridgehead atoms. The van der Waals surface area contributed by atoms with Gasteiger partial charge in [0.2, 0.25) is 0 Å². The Morgan fingerprint density at radius 3 is 0.958 bits per heavy atom. The first-order chi connectivity index (χ1) is 10.4. The molecule has 0 atom stereocenters. The summed E-state index contributed by atoms with van der Waals surface area (Å²) in [6, 6.07) is 0. The van der Waals surface area contributed by atoms with E-state index in [1.165, 1.54) is 0 Å². The molecule has 0 fully saturated rings. The molecule has 0 spiro atoms. The summed E-state index contributed by atoms with van der Waals surface area (Å²) < 4.78 is 115. The lowest BCUT2D eigenvalue weighted by molar-refractivity contribution is -0.108. The third-order valence-electron chi connectivity index (χ3n) is 1.29. The van der Waals surface area contributed by atoms with Gasteiger partial charge in [0.15, 0.2) is 11.5 Å². The lowest BCUT2D eigenvalue weighted by Crippen LogP contribution is -2.23. The Morgan fingerprint density at radius 1 is 0.708 bits per heavy atom. The Hall–Kier alpha value is -0.680. The summed E-state index contributed by atoms with van der Waals surface area (Å²) in [7, 11) is -7.44. The molecular formula is C8H16F6O8S2. The highest BCUT2D eigenvalue weighted by Crippen LogP contribution is 2.18. The van der Waals surface area contributed by atoms with Gasteiger partial charge in [-0.2, -0.15) is 43.2 Å². The predicted octanol–water partition coefficient (Wildman–Crippen LogP) is 0.0208. The molecule has 0 aromatic carbocycles. The van der Waals surface area contributed by atoms with Gasteiger partial charge in [-0.3, -0.25) is 8.37 Å². The van der Waals surface area contributed by atoms with Gasteiger partial charge in [0.05, 0.1) is 27.4 Å². The van der Waals surface area contributed by atoms with Gasteiger partial charge in [-0.1, -0.05) is 0 Å². The minimum absolute atomic E-state index is 0.125. The maximum Gasteiger partial charge on any atom is 0.405 e. The maximum absolute atomic E-state index is 11.3. The zero-order valence-corrected chi connectivity index (χ0v) is 13.9. The summed E-state index contributed by atoms with van der Waals surface area (Å²) in [6.45, 7) is -0.250. The third kappa shape index (κ3) is 26.2. The van der Waals surface area contributed by atoms with Crippen LogP contribution in [0.5, 0.6) is 0 Å². The summed E-state index contributed by atoms with van der Waals surface area (Å²) in [5.41, 5.74) is 0. The zero-order chi connectivity index (χ0) is 20.2. The van der Waals surface area contributed by atoms with Crippen molar-refractivity contribution in [1.82, 2.24) is 0 Å². The second-order valence-corrected chi connectivity index (χ2v) is 6.89. The van der Waals surface area contributed by atoms with Crippen molar-refractivity contribution in [3.05, 3.63) is 0 Å². The van der Waals surface area contributed by atoms with Crippen LogP contribution in [0, 0.1) is 0 Å². The van der Waals surface area contributed by atoms with Gasteiger partial charge < -0.3 is 10.2 Å². The lowest BCUT2D eigenvalue weighted by Gasteiger charge is -2.04. The highest BCUT2D eigenvalue weighted by molar-refractivity contribution is 7.87. The Morgan fingerprint density at radius 2 is 0.917 bits per heavy atom. The third-order valence-corrected chi connectivity index (χ3v) is 3.67. The van der Waals surface area contributed by atoms with E-state index in [9.17, 15) is 43.2 Å². The van der Waals surface area contributed by atoms with Crippen LogP contribution >= 0.6 is 0 Å². The van der Waals surface area contributed by atoms with E-state index < -0.39 is 44.1 Å². The van der Waals surface area contributed by atoms with E-state index in [4.69, 9.17) is 10.2 Å². The molecule has 0 aliphatic heterocycles.